The van der Waals surface area contributed by atoms with Crippen LogP contribution in [0.15, 0.2) is 65.6 Å². The third-order valence-corrected chi connectivity index (χ3v) is 7.37. The molecule has 4 rings (SSSR count). The molecule has 0 radical (unpaired) electrons. The van der Waals surface area contributed by atoms with E-state index in [-0.39, 0.29) is 11.4 Å². The average molecular weight is 467 g/mol. The largest absolute Gasteiger partial charge is 0.497 e. The summed E-state index contributed by atoms with van der Waals surface area (Å²) in [6.45, 7) is 5.57. The molecule has 0 saturated carbocycles. The van der Waals surface area contributed by atoms with Crippen LogP contribution in [0, 0.1) is 20.8 Å². The fraction of sp³-hybridized carbons (Fsp3) is 0.240. The van der Waals surface area contributed by atoms with E-state index in [1.807, 2.05) is 45.0 Å². The first kappa shape index (κ1) is 22.7. The summed E-state index contributed by atoms with van der Waals surface area (Å²) < 4.78 is 39.5. The standard InChI is InChI=1S/C25H26N2O5S/c1-16-5-7-18(3)21(13-16)26-25(28)24-15-27(22-12-6-17(2)14-23(22)32-24)33(29,30)20-10-8-19(31-4)9-11-20/h5-14,24H,15H2,1-4H3,(H,26,28)/t24-/m1/s1. The second-order valence-electron chi connectivity index (χ2n) is 8.10. The molecule has 0 saturated heterocycles. The zero-order valence-electron chi connectivity index (χ0n) is 19.0. The van der Waals surface area contributed by atoms with Gasteiger partial charge in [-0.2, -0.15) is 0 Å². The van der Waals surface area contributed by atoms with Gasteiger partial charge in [-0.3, -0.25) is 9.10 Å². The van der Waals surface area contributed by atoms with Gasteiger partial charge in [0, 0.05) is 5.69 Å². The van der Waals surface area contributed by atoms with Crippen molar-refractivity contribution >= 4 is 27.3 Å². The topological polar surface area (TPSA) is 84.9 Å². The van der Waals surface area contributed by atoms with Gasteiger partial charge in [-0.25, -0.2) is 8.42 Å². The Morgan fingerprint density at radius 3 is 2.36 bits per heavy atom. The molecular weight excluding hydrogens is 440 g/mol. The molecule has 3 aromatic rings. The molecule has 1 atom stereocenters. The molecule has 0 unspecified atom stereocenters. The van der Waals surface area contributed by atoms with E-state index in [4.69, 9.17) is 9.47 Å². The third-order valence-electron chi connectivity index (χ3n) is 5.58. The van der Waals surface area contributed by atoms with Crippen LogP contribution in [0.5, 0.6) is 11.5 Å². The van der Waals surface area contributed by atoms with E-state index < -0.39 is 22.0 Å². The summed E-state index contributed by atoms with van der Waals surface area (Å²) >= 11 is 0. The number of anilines is 2. The summed E-state index contributed by atoms with van der Waals surface area (Å²) in [4.78, 5) is 13.2. The molecule has 1 aliphatic heterocycles. The normalized spacial score (nSPS) is 15.4. The Balaban J connectivity index is 1.70. The Hall–Kier alpha value is -3.52. The molecule has 0 aromatic heterocycles. The molecule has 1 aliphatic rings. The molecule has 0 bridgehead atoms. The summed E-state index contributed by atoms with van der Waals surface area (Å²) in [5, 5.41) is 2.89. The van der Waals surface area contributed by atoms with Crippen LogP contribution in [0.1, 0.15) is 16.7 Å². The van der Waals surface area contributed by atoms with E-state index in [2.05, 4.69) is 5.32 Å². The zero-order valence-corrected chi connectivity index (χ0v) is 19.8. The first-order chi connectivity index (χ1) is 15.7. The van der Waals surface area contributed by atoms with E-state index in [1.54, 1.807) is 24.3 Å². The Morgan fingerprint density at radius 1 is 1.00 bits per heavy atom. The number of benzene rings is 3. The highest BCUT2D eigenvalue weighted by atomic mass is 32.2. The van der Waals surface area contributed by atoms with Crippen LogP contribution in [0.2, 0.25) is 0 Å². The van der Waals surface area contributed by atoms with E-state index in [1.165, 1.54) is 23.5 Å². The van der Waals surface area contributed by atoms with Gasteiger partial charge >= 0.3 is 0 Å². The molecule has 7 nitrogen and oxygen atoms in total. The van der Waals surface area contributed by atoms with Crippen LogP contribution < -0.4 is 19.1 Å². The molecule has 0 aliphatic carbocycles. The van der Waals surface area contributed by atoms with Crippen molar-refractivity contribution in [3.8, 4) is 11.5 Å². The van der Waals surface area contributed by atoms with E-state index in [0.717, 1.165) is 16.7 Å². The second-order valence-corrected chi connectivity index (χ2v) is 9.96. The first-order valence-electron chi connectivity index (χ1n) is 10.5. The predicted molar refractivity (Wildman–Crippen MR) is 128 cm³/mol. The zero-order chi connectivity index (χ0) is 23.8. The number of aryl methyl sites for hydroxylation is 3. The molecular formula is C25H26N2O5S. The SMILES string of the molecule is COc1ccc(S(=O)(=O)N2C[C@H](C(=O)Nc3cc(C)ccc3C)Oc3cc(C)ccc32)cc1. The summed E-state index contributed by atoms with van der Waals surface area (Å²) in [6, 6.07) is 17.2. The van der Waals surface area contributed by atoms with Crippen molar-refractivity contribution in [1.29, 1.82) is 0 Å². The van der Waals surface area contributed by atoms with Crippen molar-refractivity contribution in [3.05, 3.63) is 77.4 Å². The van der Waals surface area contributed by atoms with Gasteiger partial charge in [0.25, 0.3) is 15.9 Å². The van der Waals surface area contributed by atoms with Crippen LogP contribution in [-0.4, -0.2) is 34.1 Å². The maximum Gasteiger partial charge on any atom is 0.267 e. The van der Waals surface area contributed by atoms with Gasteiger partial charge in [0.1, 0.15) is 11.5 Å². The summed E-state index contributed by atoms with van der Waals surface area (Å²) in [6.07, 6.45) is -1.02. The smallest absolute Gasteiger partial charge is 0.267 e. The van der Waals surface area contributed by atoms with Crippen molar-refractivity contribution in [1.82, 2.24) is 0 Å². The van der Waals surface area contributed by atoms with Crippen LogP contribution in [-0.2, 0) is 14.8 Å². The number of hydrogen-bond acceptors (Lipinski definition) is 5. The number of fused-ring (bicyclic) bond motifs is 1. The van der Waals surface area contributed by atoms with Gasteiger partial charge in [0.2, 0.25) is 0 Å². The fourth-order valence-corrected chi connectivity index (χ4v) is 5.16. The number of sulfonamides is 1. The second kappa shape index (κ2) is 8.78. The molecule has 172 valence electrons. The molecule has 8 heteroatoms. The minimum atomic E-state index is -3.95. The van der Waals surface area contributed by atoms with Crippen LogP contribution in [0.3, 0.4) is 0 Å². The van der Waals surface area contributed by atoms with Crippen LogP contribution >= 0.6 is 0 Å². The number of carbonyl (C=O) groups is 1. The number of methoxy groups -OCH3 is 1. The molecule has 1 amide bonds. The molecule has 1 heterocycles. The van der Waals surface area contributed by atoms with Crippen molar-refractivity contribution in [2.75, 3.05) is 23.3 Å². The predicted octanol–water partition coefficient (Wildman–Crippen LogP) is 4.22. The quantitative estimate of drug-likeness (QED) is 0.609. The van der Waals surface area contributed by atoms with Gasteiger partial charge in [0.05, 0.1) is 24.2 Å². The molecule has 0 fully saturated rings. The van der Waals surface area contributed by atoms with Gasteiger partial charge < -0.3 is 14.8 Å². The highest BCUT2D eigenvalue weighted by molar-refractivity contribution is 7.92. The average Bonchev–Trinajstić information content (AvgIpc) is 2.80. The maximum atomic E-state index is 13.6. The number of rotatable bonds is 5. The van der Waals surface area contributed by atoms with Gasteiger partial charge in [-0.1, -0.05) is 18.2 Å². The summed E-state index contributed by atoms with van der Waals surface area (Å²) in [5.74, 6) is 0.489. The number of nitrogens with one attached hydrogen (secondary N) is 1. The van der Waals surface area contributed by atoms with Crippen molar-refractivity contribution in [2.24, 2.45) is 0 Å². The lowest BCUT2D eigenvalue weighted by Crippen LogP contribution is -2.48. The summed E-state index contributed by atoms with van der Waals surface area (Å²) in [5.41, 5.74) is 3.87. The monoisotopic (exact) mass is 466 g/mol. The van der Waals surface area contributed by atoms with Crippen molar-refractivity contribution < 1.29 is 22.7 Å². The Labute approximate surface area is 194 Å². The minimum Gasteiger partial charge on any atom is -0.497 e. The van der Waals surface area contributed by atoms with Crippen molar-refractivity contribution in [3.63, 3.8) is 0 Å². The Kier molecular flexibility index (Phi) is 6.03. The highest BCUT2D eigenvalue weighted by Crippen LogP contribution is 2.38. The Morgan fingerprint density at radius 2 is 1.67 bits per heavy atom. The van der Waals surface area contributed by atoms with Crippen molar-refractivity contribution in [2.45, 2.75) is 31.8 Å². The Bertz CT molecular complexity index is 1300. The number of ether oxygens (including phenoxy) is 2. The number of hydrogen-bond donors (Lipinski definition) is 1. The fourth-order valence-electron chi connectivity index (χ4n) is 3.68. The van der Waals surface area contributed by atoms with Gasteiger partial charge in [-0.05, 0) is 79.9 Å². The molecule has 3 aromatic carbocycles. The lowest BCUT2D eigenvalue weighted by Gasteiger charge is -2.35. The van der Waals surface area contributed by atoms with Crippen LogP contribution in [0.25, 0.3) is 0 Å². The number of nitrogens with zero attached hydrogens (tertiary/aromatic N) is 1. The molecule has 33 heavy (non-hydrogen) atoms. The number of amides is 1. The number of carbonyl (C=O) groups excluding carboxylic acids is 1. The first-order valence-corrected chi connectivity index (χ1v) is 12.0. The van der Waals surface area contributed by atoms with Gasteiger partial charge in [-0.15, -0.1) is 0 Å². The minimum absolute atomic E-state index is 0.102. The van der Waals surface area contributed by atoms with Crippen LogP contribution in [0.4, 0.5) is 11.4 Å². The lowest BCUT2D eigenvalue weighted by atomic mass is 10.1. The lowest BCUT2D eigenvalue weighted by molar-refractivity contribution is -0.122. The maximum absolute atomic E-state index is 13.6. The highest BCUT2D eigenvalue weighted by Gasteiger charge is 2.37. The third kappa shape index (κ3) is 4.52. The van der Waals surface area contributed by atoms with E-state index in [9.17, 15) is 13.2 Å². The molecule has 0 spiro atoms. The molecule has 1 N–H and O–H groups in total. The van der Waals surface area contributed by atoms with Gasteiger partial charge in [0.15, 0.2) is 6.10 Å². The summed E-state index contributed by atoms with van der Waals surface area (Å²) in [7, 11) is -2.43. The van der Waals surface area contributed by atoms with E-state index in [0.29, 0.717) is 22.9 Å². The van der Waals surface area contributed by atoms with E-state index >= 15 is 0 Å².